The van der Waals surface area contributed by atoms with Crippen LogP contribution in [-0.4, -0.2) is 30.4 Å². The first-order chi connectivity index (χ1) is 5.26. The molecule has 3 heteroatoms. The SMILES string of the molecule is CCSCC(NC)C(=O)CC. The van der Waals surface area contributed by atoms with E-state index in [1.807, 2.05) is 14.0 Å². The van der Waals surface area contributed by atoms with Crippen molar-refractivity contribution in [3.05, 3.63) is 0 Å². The average molecular weight is 175 g/mol. The summed E-state index contributed by atoms with van der Waals surface area (Å²) in [6.07, 6.45) is 0.635. The summed E-state index contributed by atoms with van der Waals surface area (Å²) in [5.41, 5.74) is 0. The van der Waals surface area contributed by atoms with Gasteiger partial charge in [-0.05, 0) is 12.8 Å². The van der Waals surface area contributed by atoms with E-state index in [0.29, 0.717) is 12.2 Å². The van der Waals surface area contributed by atoms with Crippen molar-refractivity contribution >= 4 is 17.5 Å². The minimum atomic E-state index is 0.0601. The molecule has 0 aromatic heterocycles. The molecular formula is C8H17NOS. The highest BCUT2D eigenvalue weighted by Crippen LogP contribution is 2.03. The Morgan fingerprint density at radius 1 is 1.55 bits per heavy atom. The lowest BCUT2D eigenvalue weighted by Crippen LogP contribution is -2.35. The van der Waals surface area contributed by atoms with Gasteiger partial charge in [-0.1, -0.05) is 13.8 Å². The number of ketones is 1. The summed E-state index contributed by atoms with van der Waals surface area (Å²) in [6, 6.07) is 0.0601. The van der Waals surface area contributed by atoms with Crippen molar-refractivity contribution in [2.45, 2.75) is 26.3 Å². The zero-order valence-corrected chi connectivity index (χ0v) is 8.33. The van der Waals surface area contributed by atoms with Crippen LogP contribution in [0.2, 0.25) is 0 Å². The zero-order valence-electron chi connectivity index (χ0n) is 7.52. The van der Waals surface area contributed by atoms with Gasteiger partial charge in [0.05, 0.1) is 6.04 Å². The molecule has 0 heterocycles. The van der Waals surface area contributed by atoms with Crippen LogP contribution in [0.3, 0.4) is 0 Å². The third kappa shape index (κ3) is 4.43. The molecule has 0 aromatic carbocycles. The summed E-state index contributed by atoms with van der Waals surface area (Å²) in [5, 5.41) is 3.02. The predicted molar refractivity (Wildman–Crippen MR) is 51.1 cm³/mol. The minimum absolute atomic E-state index is 0.0601. The summed E-state index contributed by atoms with van der Waals surface area (Å²) in [5.74, 6) is 2.29. The molecule has 2 nitrogen and oxygen atoms in total. The molecule has 0 radical (unpaired) electrons. The van der Waals surface area contributed by atoms with Crippen LogP contribution in [0.1, 0.15) is 20.3 Å². The summed E-state index contributed by atoms with van der Waals surface area (Å²) in [7, 11) is 1.84. The molecule has 0 aromatic rings. The van der Waals surface area contributed by atoms with Gasteiger partial charge in [-0.3, -0.25) is 4.79 Å². The van der Waals surface area contributed by atoms with Crippen molar-refractivity contribution in [3.8, 4) is 0 Å². The van der Waals surface area contributed by atoms with Crippen LogP contribution >= 0.6 is 11.8 Å². The van der Waals surface area contributed by atoms with E-state index < -0.39 is 0 Å². The quantitative estimate of drug-likeness (QED) is 0.660. The highest BCUT2D eigenvalue weighted by molar-refractivity contribution is 7.99. The van der Waals surface area contributed by atoms with Crippen LogP contribution in [0.5, 0.6) is 0 Å². The number of Topliss-reactive ketones (excluding diaryl/α,β-unsaturated/α-hetero) is 1. The molecule has 0 aliphatic heterocycles. The third-order valence-electron chi connectivity index (χ3n) is 1.57. The average Bonchev–Trinajstić information content (AvgIpc) is 2.05. The van der Waals surface area contributed by atoms with Crippen molar-refractivity contribution in [1.29, 1.82) is 0 Å². The Hall–Kier alpha value is -0.0200. The lowest BCUT2D eigenvalue weighted by molar-refractivity contribution is -0.120. The molecule has 0 saturated carbocycles. The van der Waals surface area contributed by atoms with Gasteiger partial charge in [-0.15, -0.1) is 0 Å². The molecule has 0 rings (SSSR count). The van der Waals surface area contributed by atoms with Gasteiger partial charge in [0.15, 0.2) is 0 Å². The van der Waals surface area contributed by atoms with Crippen molar-refractivity contribution in [2.24, 2.45) is 0 Å². The van der Waals surface area contributed by atoms with Gasteiger partial charge < -0.3 is 5.32 Å². The number of carbonyl (C=O) groups is 1. The maximum Gasteiger partial charge on any atom is 0.150 e. The molecule has 0 aliphatic carbocycles. The first-order valence-electron chi connectivity index (χ1n) is 4.03. The molecule has 1 unspecified atom stereocenters. The van der Waals surface area contributed by atoms with E-state index in [0.717, 1.165) is 11.5 Å². The molecule has 1 atom stereocenters. The van der Waals surface area contributed by atoms with Crippen LogP contribution < -0.4 is 5.32 Å². The van der Waals surface area contributed by atoms with Crippen LogP contribution in [0.25, 0.3) is 0 Å². The normalized spacial score (nSPS) is 13.0. The Labute approximate surface area is 73.1 Å². The molecule has 0 bridgehead atoms. The molecular weight excluding hydrogens is 158 g/mol. The van der Waals surface area contributed by atoms with E-state index >= 15 is 0 Å². The largest absolute Gasteiger partial charge is 0.310 e. The molecule has 0 amide bonds. The van der Waals surface area contributed by atoms with E-state index in [4.69, 9.17) is 0 Å². The lowest BCUT2D eigenvalue weighted by atomic mass is 10.2. The Morgan fingerprint density at radius 2 is 2.18 bits per heavy atom. The monoisotopic (exact) mass is 175 g/mol. The Morgan fingerprint density at radius 3 is 2.55 bits per heavy atom. The van der Waals surface area contributed by atoms with Gasteiger partial charge in [-0.2, -0.15) is 11.8 Å². The molecule has 0 fully saturated rings. The van der Waals surface area contributed by atoms with E-state index in [1.54, 1.807) is 11.8 Å². The maximum absolute atomic E-state index is 11.2. The van der Waals surface area contributed by atoms with Gasteiger partial charge in [-0.25, -0.2) is 0 Å². The fourth-order valence-electron chi connectivity index (χ4n) is 0.819. The molecule has 11 heavy (non-hydrogen) atoms. The molecule has 0 spiro atoms. The van der Waals surface area contributed by atoms with Crippen LogP contribution in [-0.2, 0) is 4.79 Å². The summed E-state index contributed by atoms with van der Waals surface area (Å²) >= 11 is 1.80. The van der Waals surface area contributed by atoms with E-state index in [2.05, 4.69) is 12.2 Å². The Bertz CT molecular complexity index is 117. The van der Waals surface area contributed by atoms with Crippen molar-refractivity contribution < 1.29 is 4.79 Å². The molecule has 66 valence electrons. The smallest absolute Gasteiger partial charge is 0.150 e. The number of hydrogen-bond donors (Lipinski definition) is 1. The fraction of sp³-hybridized carbons (Fsp3) is 0.875. The van der Waals surface area contributed by atoms with Gasteiger partial charge in [0, 0.05) is 12.2 Å². The second-order valence-electron chi connectivity index (χ2n) is 2.32. The van der Waals surface area contributed by atoms with Gasteiger partial charge in [0.1, 0.15) is 5.78 Å². The van der Waals surface area contributed by atoms with E-state index in [-0.39, 0.29) is 6.04 Å². The highest BCUT2D eigenvalue weighted by Gasteiger charge is 2.12. The molecule has 1 N–H and O–H groups in total. The standard InChI is InChI=1S/C8H17NOS/c1-4-8(10)7(9-3)6-11-5-2/h7,9H,4-6H2,1-3H3. The first-order valence-corrected chi connectivity index (χ1v) is 5.19. The molecule has 0 saturated heterocycles. The van der Waals surface area contributed by atoms with E-state index in [1.165, 1.54) is 0 Å². The fourth-order valence-corrected chi connectivity index (χ4v) is 1.64. The van der Waals surface area contributed by atoms with Gasteiger partial charge >= 0.3 is 0 Å². The highest BCUT2D eigenvalue weighted by atomic mass is 32.2. The number of carbonyl (C=O) groups excluding carboxylic acids is 1. The number of hydrogen-bond acceptors (Lipinski definition) is 3. The number of thioether (sulfide) groups is 1. The minimum Gasteiger partial charge on any atom is -0.310 e. The maximum atomic E-state index is 11.2. The van der Waals surface area contributed by atoms with Crippen LogP contribution in [0.15, 0.2) is 0 Å². The third-order valence-corrected chi connectivity index (χ3v) is 2.55. The summed E-state index contributed by atoms with van der Waals surface area (Å²) < 4.78 is 0. The topological polar surface area (TPSA) is 29.1 Å². The van der Waals surface area contributed by atoms with Crippen LogP contribution in [0.4, 0.5) is 0 Å². The lowest BCUT2D eigenvalue weighted by Gasteiger charge is -2.12. The second-order valence-corrected chi connectivity index (χ2v) is 3.64. The van der Waals surface area contributed by atoms with E-state index in [9.17, 15) is 4.79 Å². The van der Waals surface area contributed by atoms with Crippen molar-refractivity contribution in [3.63, 3.8) is 0 Å². The predicted octanol–water partition coefficient (Wildman–Crippen LogP) is 1.31. The summed E-state index contributed by atoms with van der Waals surface area (Å²) in [6.45, 7) is 4.01. The number of rotatable bonds is 6. The van der Waals surface area contributed by atoms with Crippen molar-refractivity contribution in [2.75, 3.05) is 18.6 Å². The molecule has 0 aliphatic rings. The first kappa shape index (κ1) is 11.0. The van der Waals surface area contributed by atoms with Crippen LogP contribution in [0, 0.1) is 0 Å². The Kier molecular flexibility index (Phi) is 6.66. The van der Waals surface area contributed by atoms with Gasteiger partial charge in [0.2, 0.25) is 0 Å². The number of likely N-dealkylation sites (N-methyl/N-ethyl adjacent to an activating group) is 1. The number of nitrogens with one attached hydrogen (secondary N) is 1. The Balaban J connectivity index is 3.65. The van der Waals surface area contributed by atoms with Crippen molar-refractivity contribution in [1.82, 2.24) is 5.32 Å². The zero-order chi connectivity index (χ0) is 8.69. The second kappa shape index (κ2) is 6.68. The van der Waals surface area contributed by atoms with Gasteiger partial charge in [0.25, 0.3) is 0 Å². The summed E-state index contributed by atoms with van der Waals surface area (Å²) in [4.78, 5) is 11.2.